The molecule has 0 radical (unpaired) electrons. The molecular formula is C26H26O4. The van der Waals surface area contributed by atoms with Gasteiger partial charge in [-0.1, -0.05) is 63.2 Å². The molecule has 0 fully saturated rings. The Morgan fingerprint density at radius 2 is 1.30 bits per heavy atom. The molecule has 3 aromatic rings. The van der Waals surface area contributed by atoms with Gasteiger partial charge in [-0.2, -0.15) is 0 Å². The maximum absolute atomic E-state index is 12.4. The summed E-state index contributed by atoms with van der Waals surface area (Å²) >= 11 is 0. The Morgan fingerprint density at radius 3 is 1.90 bits per heavy atom. The van der Waals surface area contributed by atoms with Crippen LogP contribution in [0.3, 0.4) is 0 Å². The smallest absolute Gasteiger partial charge is 0.343 e. The van der Waals surface area contributed by atoms with E-state index in [1.54, 1.807) is 36.4 Å². The van der Waals surface area contributed by atoms with Gasteiger partial charge < -0.3 is 9.47 Å². The van der Waals surface area contributed by atoms with Crippen molar-refractivity contribution >= 4 is 11.9 Å². The van der Waals surface area contributed by atoms with Crippen molar-refractivity contribution < 1.29 is 19.1 Å². The van der Waals surface area contributed by atoms with Crippen LogP contribution in [0.2, 0.25) is 0 Å². The first-order chi connectivity index (χ1) is 14.3. The van der Waals surface area contributed by atoms with E-state index in [0.717, 1.165) is 11.1 Å². The summed E-state index contributed by atoms with van der Waals surface area (Å²) in [5.74, 6) is -0.462. The summed E-state index contributed by atoms with van der Waals surface area (Å²) in [5.41, 5.74) is 3.18. The molecule has 154 valence electrons. The molecule has 0 saturated heterocycles. The van der Waals surface area contributed by atoms with Crippen LogP contribution < -0.4 is 4.74 Å². The summed E-state index contributed by atoms with van der Waals surface area (Å²) < 4.78 is 10.7. The zero-order chi connectivity index (χ0) is 21.6. The fraction of sp³-hybridized carbons (Fsp3) is 0.231. The highest BCUT2D eigenvalue weighted by Gasteiger charge is 2.15. The number of esters is 2. The van der Waals surface area contributed by atoms with Gasteiger partial charge in [-0.3, -0.25) is 0 Å². The van der Waals surface area contributed by atoms with E-state index in [4.69, 9.17) is 9.47 Å². The van der Waals surface area contributed by atoms with E-state index in [1.165, 1.54) is 0 Å². The number of carbonyl (C=O) groups excluding carboxylic acids is 2. The van der Waals surface area contributed by atoms with Gasteiger partial charge in [0.25, 0.3) is 0 Å². The highest BCUT2D eigenvalue weighted by atomic mass is 16.5. The van der Waals surface area contributed by atoms with Gasteiger partial charge in [-0.15, -0.1) is 0 Å². The molecule has 30 heavy (non-hydrogen) atoms. The fourth-order valence-corrected chi connectivity index (χ4v) is 2.92. The Morgan fingerprint density at radius 1 is 0.733 bits per heavy atom. The zero-order valence-electron chi connectivity index (χ0n) is 17.6. The molecule has 0 aliphatic rings. The monoisotopic (exact) mass is 402 g/mol. The second-order valence-corrected chi connectivity index (χ2v) is 8.11. The minimum Gasteiger partial charge on any atom is -0.462 e. The van der Waals surface area contributed by atoms with E-state index in [1.807, 2.05) is 42.5 Å². The van der Waals surface area contributed by atoms with Crippen LogP contribution in [0, 0.1) is 0 Å². The molecule has 3 rings (SSSR count). The molecule has 4 heteroatoms. The molecular weight excluding hydrogens is 376 g/mol. The average Bonchev–Trinajstić information content (AvgIpc) is 2.74. The van der Waals surface area contributed by atoms with Crippen LogP contribution in [-0.2, 0) is 16.6 Å². The molecule has 0 amide bonds. The van der Waals surface area contributed by atoms with Gasteiger partial charge in [-0.05, 0) is 52.9 Å². The maximum atomic E-state index is 12.4. The van der Waals surface area contributed by atoms with E-state index < -0.39 is 11.9 Å². The molecule has 0 unspecified atom stereocenters. The average molecular weight is 402 g/mol. The van der Waals surface area contributed by atoms with Crippen molar-refractivity contribution in [2.75, 3.05) is 6.61 Å². The molecule has 0 saturated carbocycles. The van der Waals surface area contributed by atoms with Crippen molar-refractivity contribution in [3.63, 3.8) is 0 Å². The van der Waals surface area contributed by atoms with Crippen LogP contribution in [0.1, 0.15) is 52.6 Å². The van der Waals surface area contributed by atoms with E-state index >= 15 is 0 Å². The lowest BCUT2D eigenvalue weighted by atomic mass is 9.87. The lowest BCUT2D eigenvalue weighted by Crippen LogP contribution is -2.13. The molecule has 0 spiro atoms. The number of carbonyl (C=O) groups is 2. The quantitative estimate of drug-likeness (QED) is 0.398. The van der Waals surface area contributed by atoms with Crippen LogP contribution in [0.5, 0.6) is 5.75 Å². The van der Waals surface area contributed by atoms with Gasteiger partial charge in [0.2, 0.25) is 0 Å². The van der Waals surface area contributed by atoms with Gasteiger partial charge >= 0.3 is 11.9 Å². The van der Waals surface area contributed by atoms with Crippen LogP contribution >= 0.6 is 0 Å². The van der Waals surface area contributed by atoms with Crippen molar-refractivity contribution in [1.29, 1.82) is 0 Å². The summed E-state index contributed by atoms with van der Waals surface area (Å²) in [5, 5.41) is 0. The second-order valence-electron chi connectivity index (χ2n) is 8.11. The number of hydrogen-bond donors (Lipinski definition) is 0. The first kappa shape index (κ1) is 21.3. The Hall–Kier alpha value is -3.40. The molecule has 0 aromatic heterocycles. The molecule has 0 N–H and O–H groups in total. The molecule has 3 aromatic carbocycles. The van der Waals surface area contributed by atoms with Crippen LogP contribution in [0.4, 0.5) is 0 Å². The van der Waals surface area contributed by atoms with E-state index in [-0.39, 0.29) is 5.41 Å². The summed E-state index contributed by atoms with van der Waals surface area (Å²) in [7, 11) is 0. The SMILES string of the molecule is CC(C)(C)c1ccc(C(=O)Oc2ccc(C(=O)OCCc3ccccc3)cc2)cc1. The van der Waals surface area contributed by atoms with Crippen molar-refractivity contribution in [3.05, 3.63) is 101 Å². The summed E-state index contributed by atoms with van der Waals surface area (Å²) in [6.07, 6.45) is 0.663. The number of hydrogen-bond acceptors (Lipinski definition) is 4. The fourth-order valence-electron chi connectivity index (χ4n) is 2.92. The Kier molecular flexibility index (Phi) is 6.68. The van der Waals surface area contributed by atoms with Gasteiger partial charge in [-0.25, -0.2) is 9.59 Å². The van der Waals surface area contributed by atoms with E-state index in [9.17, 15) is 9.59 Å². The summed E-state index contributed by atoms with van der Waals surface area (Å²) in [6, 6.07) is 23.6. The van der Waals surface area contributed by atoms with Crippen molar-refractivity contribution in [3.8, 4) is 5.75 Å². The van der Waals surface area contributed by atoms with Gasteiger partial charge in [0.1, 0.15) is 5.75 Å². The minimum atomic E-state index is -0.436. The topological polar surface area (TPSA) is 52.6 Å². The predicted octanol–water partition coefficient (Wildman–Crippen LogP) is 5.60. The normalized spacial score (nSPS) is 11.0. The Balaban J connectivity index is 1.53. The lowest BCUT2D eigenvalue weighted by molar-refractivity contribution is 0.0509. The van der Waals surface area contributed by atoms with E-state index in [2.05, 4.69) is 20.8 Å². The van der Waals surface area contributed by atoms with Crippen LogP contribution in [-0.4, -0.2) is 18.5 Å². The zero-order valence-corrected chi connectivity index (χ0v) is 17.6. The largest absolute Gasteiger partial charge is 0.462 e. The predicted molar refractivity (Wildman–Crippen MR) is 117 cm³/mol. The Bertz CT molecular complexity index is 982. The van der Waals surface area contributed by atoms with Gasteiger partial charge in [0.15, 0.2) is 0 Å². The third kappa shape index (κ3) is 5.80. The molecule has 0 aliphatic carbocycles. The standard InChI is InChI=1S/C26H26O4/c1-26(2,3)22-13-9-21(10-14-22)25(28)30-23-15-11-20(12-16-23)24(27)29-18-17-19-7-5-4-6-8-19/h4-16H,17-18H2,1-3H3. The first-order valence-corrected chi connectivity index (χ1v) is 9.97. The highest BCUT2D eigenvalue weighted by Crippen LogP contribution is 2.23. The van der Waals surface area contributed by atoms with Crippen molar-refractivity contribution in [2.24, 2.45) is 0 Å². The molecule has 4 nitrogen and oxygen atoms in total. The van der Waals surface area contributed by atoms with Crippen molar-refractivity contribution in [1.82, 2.24) is 0 Å². The summed E-state index contributed by atoms with van der Waals surface area (Å²) in [4.78, 5) is 24.5. The molecule has 0 bridgehead atoms. The van der Waals surface area contributed by atoms with Crippen LogP contribution in [0.15, 0.2) is 78.9 Å². The lowest BCUT2D eigenvalue weighted by Gasteiger charge is -2.18. The minimum absolute atomic E-state index is 0.0218. The first-order valence-electron chi connectivity index (χ1n) is 9.97. The van der Waals surface area contributed by atoms with Gasteiger partial charge in [0.05, 0.1) is 17.7 Å². The molecule has 0 atom stereocenters. The molecule has 0 aliphatic heterocycles. The third-order valence-corrected chi connectivity index (χ3v) is 4.75. The highest BCUT2D eigenvalue weighted by molar-refractivity contribution is 5.92. The second kappa shape index (κ2) is 9.40. The summed E-state index contributed by atoms with van der Waals surface area (Å²) in [6.45, 7) is 6.67. The Labute approximate surface area is 177 Å². The van der Waals surface area contributed by atoms with Gasteiger partial charge in [0, 0.05) is 6.42 Å². The van der Waals surface area contributed by atoms with Crippen LogP contribution in [0.25, 0.3) is 0 Å². The number of ether oxygens (including phenoxy) is 2. The number of rotatable bonds is 6. The van der Waals surface area contributed by atoms with E-state index in [0.29, 0.717) is 29.9 Å². The molecule has 0 heterocycles. The third-order valence-electron chi connectivity index (χ3n) is 4.75. The maximum Gasteiger partial charge on any atom is 0.343 e. The van der Waals surface area contributed by atoms with Crippen molar-refractivity contribution in [2.45, 2.75) is 32.6 Å². The number of benzene rings is 3.